The van der Waals surface area contributed by atoms with Crippen LogP contribution in [-0.2, 0) is 26.0 Å². The van der Waals surface area contributed by atoms with Crippen molar-refractivity contribution >= 4 is 27.9 Å². The number of ether oxygens (including phenoxy) is 1. The molecule has 0 fully saturated rings. The van der Waals surface area contributed by atoms with Crippen molar-refractivity contribution in [1.82, 2.24) is 19.0 Å². The quantitative estimate of drug-likeness (QED) is 0.157. The van der Waals surface area contributed by atoms with E-state index in [1.54, 1.807) is 81.2 Å². The largest absolute Gasteiger partial charge is 0.497 e. The molecule has 0 bridgehead atoms. The first kappa shape index (κ1) is 33.1. The summed E-state index contributed by atoms with van der Waals surface area (Å²) in [6.45, 7) is 5.88. The molecule has 0 saturated heterocycles. The second-order valence-corrected chi connectivity index (χ2v) is 12.8. The molecular formula is C36H35N5O5S. The molecule has 4 aromatic rings. The lowest BCUT2D eigenvalue weighted by Gasteiger charge is -2.27. The maximum absolute atomic E-state index is 13.9. The topological polar surface area (TPSA) is 126 Å². The highest BCUT2D eigenvalue weighted by atomic mass is 32.2. The van der Waals surface area contributed by atoms with Crippen LogP contribution < -0.4 is 4.74 Å². The van der Waals surface area contributed by atoms with E-state index in [1.165, 1.54) is 4.31 Å². The van der Waals surface area contributed by atoms with Gasteiger partial charge in [0.15, 0.2) is 0 Å². The zero-order chi connectivity index (χ0) is 33.7. The van der Waals surface area contributed by atoms with E-state index in [2.05, 4.69) is 0 Å². The minimum atomic E-state index is -3.76. The third kappa shape index (κ3) is 6.65. The number of nitrogens with zero attached hydrogens (tertiary/aromatic N) is 5. The van der Waals surface area contributed by atoms with Crippen LogP contribution in [0.1, 0.15) is 31.9 Å². The Morgan fingerprint density at radius 2 is 1.66 bits per heavy atom. The molecule has 0 aliphatic carbocycles. The van der Waals surface area contributed by atoms with Gasteiger partial charge in [0, 0.05) is 42.5 Å². The molecule has 0 unspecified atom stereocenters. The molecular weight excluding hydrogens is 614 g/mol. The first-order valence-electron chi connectivity index (χ1n) is 15.2. The number of nitriles is 1. The van der Waals surface area contributed by atoms with Gasteiger partial charge in [-0.3, -0.25) is 14.5 Å². The first-order chi connectivity index (χ1) is 22.6. The van der Waals surface area contributed by atoms with Gasteiger partial charge in [-0.1, -0.05) is 56.3 Å². The summed E-state index contributed by atoms with van der Waals surface area (Å²) in [6.07, 6.45) is 3.75. The van der Waals surface area contributed by atoms with Crippen LogP contribution in [0.4, 0.5) is 0 Å². The minimum Gasteiger partial charge on any atom is -0.497 e. The van der Waals surface area contributed by atoms with Crippen molar-refractivity contribution in [2.75, 3.05) is 26.7 Å². The summed E-state index contributed by atoms with van der Waals surface area (Å²) in [7, 11) is -2.18. The predicted molar refractivity (Wildman–Crippen MR) is 179 cm³/mol. The molecule has 0 spiro atoms. The van der Waals surface area contributed by atoms with Gasteiger partial charge in [0.2, 0.25) is 10.0 Å². The van der Waals surface area contributed by atoms with Gasteiger partial charge in [-0.2, -0.15) is 14.7 Å². The highest BCUT2D eigenvalue weighted by Crippen LogP contribution is 2.32. The highest BCUT2D eigenvalue weighted by molar-refractivity contribution is 7.89. The lowest BCUT2D eigenvalue weighted by molar-refractivity contribution is -0.140. The minimum absolute atomic E-state index is 0.0706. The van der Waals surface area contributed by atoms with E-state index in [0.29, 0.717) is 42.1 Å². The fourth-order valence-corrected chi connectivity index (χ4v) is 6.97. The molecule has 0 radical (unpaired) electrons. The molecule has 0 saturated carbocycles. The fourth-order valence-electron chi connectivity index (χ4n) is 5.47. The standard InChI is InChI=1S/C36H35N5O5S/c1-5-39(6-2)47(44,45)31-14-10-11-27(21-31)34-28(24-41(38-34)29-12-8-7-9-13-29)22-32-25(3)33(23-37)36(43)40(35(32)42)20-19-26-15-17-30(46-4)18-16-26/h7-18,21-22,24H,5-6,19-20H2,1-4H3/b32-22+. The van der Waals surface area contributed by atoms with Crippen LogP contribution in [0, 0.1) is 11.3 Å². The molecule has 3 aromatic carbocycles. The maximum atomic E-state index is 13.9. The summed E-state index contributed by atoms with van der Waals surface area (Å²) in [5.41, 5.74) is 3.44. The number of hydrogen-bond donors (Lipinski definition) is 0. The van der Waals surface area contributed by atoms with Gasteiger partial charge < -0.3 is 4.74 Å². The Kier molecular flexibility index (Phi) is 9.84. The number of methoxy groups -OCH3 is 1. The van der Waals surface area contributed by atoms with Gasteiger partial charge in [-0.05, 0) is 67.0 Å². The van der Waals surface area contributed by atoms with Gasteiger partial charge in [0.1, 0.15) is 23.1 Å². The number of carbonyl (C=O) groups excluding carboxylic acids is 2. The van der Waals surface area contributed by atoms with Crippen molar-refractivity contribution < 1.29 is 22.7 Å². The molecule has 2 heterocycles. The zero-order valence-corrected chi connectivity index (χ0v) is 27.5. The molecule has 11 heteroatoms. The van der Waals surface area contributed by atoms with E-state index in [0.717, 1.165) is 16.2 Å². The third-order valence-corrected chi connectivity index (χ3v) is 10.2. The average molecular weight is 650 g/mol. The van der Waals surface area contributed by atoms with Crippen LogP contribution in [0.3, 0.4) is 0 Å². The third-order valence-electron chi connectivity index (χ3n) is 8.12. The van der Waals surface area contributed by atoms with Crippen molar-refractivity contribution in [3.05, 3.63) is 113 Å². The second kappa shape index (κ2) is 14.0. The second-order valence-electron chi connectivity index (χ2n) is 10.9. The van der Waals surface area contributed by atoms with Crippen molar-refractivity contribution in [2.45, 2.75) is 32.1 Å². The summed E-state index contributed by atoms with van der Waals surface area (Å²) in [4.78, 5) is 28.5. The van der Waals surface area contributed by atoms with Crippen LogP contribution in [0.2, 0.25) is 0 Å². The van der Waals surface area contributed by atoms with E-state index in [-0.39, 0.29) is 28.2 Å². The number of rotatable bonds is 11. The summed E-state index contributed by atoms with van der Waals surface area (Å²) in [5, 5.41) is 14.8. The van der Waals surface area contributed by atoms with Gasteiger partial charge >= 0.3 is 0 Å². The van der Waals surface area contributed by atoms with Crippen molar-refractivity contribution in [3.8, 4) is 28.8 Å². The number of hydrogen-bond acceptors (Lipinski definition) is 7. The molecule has 5 rings (SSSR count). The van der Waals surface area contributed by atoms with E-state index in [9.17, 15) is 23.3 Å². The molecule has 0 N–H and O–H groups in total. The SMILES string of the molecule is CCN(CC)S(=O)(=O)c1cccc(-c2nn(-c3ccccc3)cc2/C=C2/C(=O)N(CCc3ccc(OC)cc3)C(=O)C(C#N)=C2C)c1. The first-order valence-corrected chi connectivity index (χ1v) is 16.6. The van der Waals surface area contributed by atoms with Crippen LogP contribution in [-0.4, -0.2) is 66.0 Å². The summed E-state index contributed by atoms with van der Waals surface area (Å²) < 4.78 is 35.0. The predicted octanol–water partition coefficient (Wildman–Crippen LogP) is 5.41. The monoisotopic (exact) mass is 649 g/mol. The molecule has 10 nitrogen and oxygen atoms in total. The molecule has 0 atom stereocenters. The van der Waals surface area contributed by atoms with Crippen LogP contribution in [0.15, 0.2) is 107 Å². The van der Waals surface area contributed by atoms with E-state index >= 15 is 0 Å². The van der Waals surface area contributed by atoms with Gasteiger partial charge in [-0.25, -0.2) is 13.1 Å². The number of benzene rings is 3. The number of para-hydroxylation sites is 1. The number of imide groups is 1. The molecule has 1 aromatic heterocycles. The fraction of sp³-hybridized carbons (Fsp3) is 0.222. The molecule has 2 amide bonds. The number of carbonyl (C=O) groups is 2. The average Bonchev–Trinajstić information content (AvgIpc) is 3.52. The molecule has 1 aliphatic rings. The maximum Gasteiger partial charge on any atom is 0.271 e. The zero-order valence-electron chi connectivity index (χ0n) is 26.7. The van der Waals surface area contributed by atoms with Gasteiger partial charge in [0.25, 0.3) is 11.8 Å². The van der Waals surface area contributed by atoms with Crippen LogP contribution >= 0.6 is 0 Å². The number of sulfonamides is 1. The van der Waals surface area contributed by atoms with Crippen LogP contribution in [0.5, 0.6) is 5.75 Å². The number of amides is 2. The summed E-state index contributed by atoms with van der Waals surface area (Å²) in [5.74, 6) is -0.482. The van der Waals surface area contributed by atoms with Crippen molar-refractivity contribution in [1.29, 1.82) is 5.26 Å². The highest BCUT2D eigenvalue weighted by Gasteiger charge is 2.35. The molecule has 1 aliphatic heterocycles. The molecule has 47 heavy (non-hydrogen) atoms. The normalized spacial score (nSPS) is 14.6. The smallest absolute Gasteiger partial charge is 0.271 e. The lowest BCUT2D eigenvalue weighted by atomic mass is 9.93. The Morgan fingerprint density at radius 1 is 0.957 bits per heavy atom. The Hall–Kier alpha value is -5.31. The van der Waals surface area contributed by atoms with Gasteiger partial charge in [-0.15, -0.1) is 0 Å². The van der Waals surface area contributed by atoms with E-state index in [1.807, 2.05) is 48.5 Å². The van der Waals surface area contributed by atoms with E-state index in [4.69, 9.17) is 9.84 Å². The van der Waals surface area contributed by atoms with Crippen molar-refractivity contribution in [3.63, 3.8) is 0 Å². The Labute approximate surface area is 274 Å². The van der Waals surface area contributed by atoms with Gasteiger partial charge in [0.05, 0.1) is 17.7 Å². The lowest BCUT2D eigenvalue weighted by Crippen LogP contribution is -2.43. The number of aromatic nitrogens is 2. The Morgan fingerprint density at radius 3 is 2.30 bits per heavy atom. The van der Waals surface area contributed by atoms with Crippen molar-refractivity contribution in [2.24, 2.45) is 0 Å². The molecule has 240 valence electrons. The summed E-state index contributed by atoms with van der Waals surface area (Å²) in [6, 6.07) is 25.2. The summed E-state index contributed by atoms with van der Waals surface area (Å²) >= 11 is 0. The Bertz CT molecular complexity index is 2020. The van der Waals surface area contributed by atoms with E-state index < -0.39 is 21.8 Å². The Balaban J connectivity index is 1.61. The van der Waals surface area contributed by atoms with Crippen LogP contribution in [0.25, 0.3) is 23.0 Å².